The van der Waals surface area contributed by atoms with Crippen LogP contribution in [0.2, 0.25) is 5.02 Å². The minimum atomic E-state index is -4.71. The summed E-state index contributed by atoms with van der Waals surface area (Å²) >= 11 is 6.01. The molecule has 0 saturated heterocycles. The molecule has 1 aromatic carbocycles. The molecule has 3 atom stereocenters. The van der Waals surface area contributed by atoms with Crippen LogP contribution in [0, 0.1) is 17.2 Å². The van der Waals surface area contributed by atoms with E-state index in [0.29, 0.717) is 29.4 Å². The third-order valence-electron chi connectivity index (χ3n) is 5.87. The van der Waals surface area contributed by atoms with Gasteiger partial charge in [-0.15, -0.1) is 0 Å². The van der Waals surface area contributed by atoms with Gasteiger partial charge in [-0.1, -0.05) is 30.7 Å². The zero-order valence-corrected chi connectivity index (χ0v) is 20.2. The molecule has 188 valence electrons. The second kappa shape index (κ2) is 10.9. The Morgan fingerprint density at radius 3 is 2.50 bits per heavy atom. The highest BCUT2D eigenvalue weighted by Crippen LogP contribution is 2.36. The Morgan fingerprint density at radius 1 is 1.19 bits per heavy atom. The molecule has 0 saturated carbocycles. The first-order valence-electron chi connectivity index (χ1n) is 10.9. The molecular formula is C25H23ClF3N5O2. The van der Waals surface area contributed by atoms with E-state index in [2.05, 4.69) is 21.0 Å². The number of nitrogens with two attached hydrogens (primary N) is 1. The van der Waals surface area contributed by atoms with Gasteiger partial charge >= 0.3 is 6.18 Å². The number of hydrogen-bond acceptors (Lipinski definition) is 6. The highest BCUT2D eigenvalue weighted by molar-refractivity contribution is 6.30. The molecule has 0 bridgehead atoms. The van der Waals surface area contributed by atoms with Gasteiger partial charge in [0.25, 0.3) is 5.91 Å². The highest BCUT2D eigenvalue weighted by atomic mass is 35.5. The second-order valence-electron chi connectivity index (χ2n) is 8.67. The molecule has 2 heterocycles. The first-order chi connectivity index (χ1) is 16.9. The number of halogens is 4. The van der Waals surface area contributed by atoms with E-state index in [-0.39, 0.29) is 18.3 Å². The van der Waals surface area contributed by atoms with Crippen molar-refractivity contribution in [1.82, 2.24) is 15.0 Å². The van der Waals surface area contributed by atoms with Gasteiger partial charge in [-0.25, -0.2) is 9.97 Å². The van der Waals surface area contributed by atoms with Crippen LogP contribution in [0.5, 0.6) is 5.88 Å². The van der Waals surface area contributed by atoms with Gasteiger partial charge in [-0.3, -0.25) is 9.78 Å². The maximum Gasteiger partial charge on any atom is 0.433 e. The Kier molecular flexibility index (Phi) is 8.15. The van der Waals surface area contributed by atoms with Crippen molar-refractivity contribution in [2.45, 2.75) is 44.4 Å². The summed E-state index contributed by atoms with van der Waals surface area (Å²) in [6.07, 6.45) is -0.360. The van der Waals surface area contributed by atoms with Crippen LogP contribution in [0.15, 0.2) is 55.1 Å². The summed E-state index contributed by atoms with van der Waals surface area (Å²) in [6, 6.07) is 11.7. The number of primary amides is 1. The lowest BCUT2D eigenvalue weighted by atomic mass is 9.77. The first kappa shape index (κ1) is 26.9. The average Bonchev–Trinajstić information content (AvgIpc) is 2.83. The van der Waals surface area contributed by atoms with E-state index in [0.717, 1.165) is 11.1 Å². The van der Waals surface area contributed by atoms with Gasteiger partial charge in [0, 0.05) is 23.5 Å². The first-order valence-corrected chi connectivity index (χ1v) is 11.3. The third kappa shape index (κ3) is 6.70. The Morgan fingerprint density at radius 2 is 1.89 bits per heavy atom. The van der Waals surface area contributed by atoms with E-state index in [9.17, 15) is 23.2 Å². The Balaban J connectivity index is 1.93. The summed E-state index contributed by atoms with van der Waals surface area (Å²) in [5.41, 5.74) is 4.83. The van der Waals surface area contributed by atoms with Crippen LogP contribution in [-0.2, 0) is 17.4 Å². The Labute approximate surface area is 211 Å². The van der Waals surface area contributed by atoms with Gasteiger partial charge in [0.15, 0.2) is 11.3 Å². The molecule has 7 nitrogen and oxygen atoms in total. The van der Waals surface area contributed by atoms with Crippen LogP contribution in [0.4, 0.5) is 13.2 Å². The number of carbonyl (C=O) groups excluding carboxylic acids is 1. The van der Waals surface area contributed by atoms with Crippen LogP contribution in [0.1, 0.15) is 48.6 Å². The smallest absolute Gasteiger partial charge is 0.433 e. The predicted molar refractivity (Wildman–Crippen MR) is 126 cm³/mol. The van der Waals surface area contributed by atoms with Crippen molar-refractivity contribution in [2.24, 2.45) is 11.7 Å². The number of alkyl halides is 3. The summed E-state index contributed by atoms with van der Waals surface area (Å²) in [5, 5.41) is 9.91. The van der Waals surface area contributed by atoms with Gasteiger partial charge in [0.05, 0.1) is 5.56 Å². The minimum absolute atomic E-state index is 0.0444. The molecule has 0 aliphatic rings. The fraction of sp³-hybridized carbons (Fsp3) is 0.320. The SMILES string of the molecule is CC(CC(C)(Oc1cc(C(F)(F)F)ncn1)C(N)=O)C(Cc1ccc(Cl)cc1)c1cncc(C#N)c1. The lowest BCUT2D eigenvalue weighted by Gasteiger charge is -2.33. The number of carbonyl (C=O) groups is 1. The van der Waals surface area contributed by atoms with Crippen molar-refractivity contribution >= 4 is 17.5 Å². The number of benzene rings is 1. The van der Waals surface area contributed by atoms with Crippen LogP contribution in [0.25, 0.3) is 0 Å². The summed E-state index contributed by atoms with van der Waals surface area (Å²) in [6.45, 7) is 3.27. The number of aromatic nitrogens is 3. The van der Waals surface area contributed by atoms with Crippen LogP contribution in [0.3, 0.4) is 0 Å². The molecule has 0 fully saturated rings. The molecule has 0 spiro atoms. The number of amides is 1. The number of nitriles is 1. The molecule has 0 aliphatic heterocycles. The summed E-state index contributed by atoms with van der Waals surface area (Å²) in [7, 11) is 0. The normalized spacial score (nSPS) is 14.8. The third-order valence-corrected chi connectivity index (χ3v) is 6.12. The van der Waals surface area contributed by atoms with Crippen molar-refractivity contribution in [3.05, 3.63) is 82.5 Å². The van der Waals surface area contributed by atoms with Gasteiger partial charge in [0.2, 0.25) is 5.88 Å². The van der Waals surface area contributed by atoms with E-state index in [4.69, 9.17) is 22.1 Å². The minimum Gasteiger partial charge on any atom is -0.461 e. The summed E-state index contributed by atoms with van der Waals surface area (Å²) in [5.74, 6) is -1.83. The van der Waals surface area contributed by atoms with Crippen molar-refractivity contribution in [3.63, 3.8) is 0 Å². The molecular weight excluding hydrogens is 495 g/mol. The van der Waals surface area contributed by atoms with Gasteiger partial charge < -0.3 is 10.5 Å². The number of rotatable bonds is 9. The lowest BCUT2D eigenvalue weighted by molar-refractivity contribution is -0.141. The van der Waals surface area contributed by atoms with Crippen LogP contribution < -0.4 is 10.5 Å². The quantitative estimate of drug-likeness (QED) is 0.422. The van der Waals surface area contributed by atoms with E-state index in [1.165, 1.54) is 13.1 Å². The van der Waals surface area contributed by atoms with E-state index in [1.54, 1.807) is 24.4 Å². The fourth-order valence-electron chi connectivity index (χ4n) is 3.97. The standard InChI is InChI=1S/C25H23ClF3N5O2/c1-15(10-24(2,23(31)35)36-22-9-21(25(27,28)29)33-14-34-22)20(8-16-3-5-19(26)6-4-16)18-7-17(11-30)12-32-13-18/h3-7,9,12-15,20H,8,10H2,1-2H3,(H2,31,35). The van der Waals surface area contributed by atoms with Crippen molar-refractivity contribution in [1.29, 1.82) is 5.26 Å². The number of ether oxygens (including phenoxy) is 1. The molecule has 0 radical (unpaired) electrons. The zero-order valence-electron chi connectivity index (χ0n) is 19.5. The highest BCUT2D eigenvalue weighted by Gasteiger charge is 2.39. The van der Waals surface area contributed by atoms with Crippen molar-refractivity contribution in [2.75, 3.05) is 0 Å². The fourth-order valence-corrected chi connectivity index (χ4v) is 4.10. The predicted octanol–water partition coefficient (Wildman–Crippen LogP) is 5.09. The van der Waals surface area contributed by atoms with Crippen LogP contribution in [-0.4, -0.2) is 26.5 Å². The Hall–Kier alpha value is -3.71. The van der Waals surface area contributed by atoms with Gasteiger partial charge in [0.1, 0.15) is 12.4 Å². The molecule has 2 aromatic heterocycles. The molecule has 3 rings (SSSR count). The van der Waals surface area contributed by atoms with E-state index in [1.807, 2.05) is 19.1 Å². The van der Waals surface area contributed by atoms with Gasteiger partial charge in [-0.2, -0.15) is 18.4 Å². The number of hydrogen-bond donors (Lipinski definition) is 1. The molecule has 0 aliphatic carbocycles. The molecule has 2 N–H and O–H groups in total. The summed E-state index contributed by atoms with van der Waals surface area (Å²) < 4.78 is 44.9. The monoisotopic (exact) mass is 517 g/mol. The second-order valence-corrected chi connectivity index (χ2v) is 9.11. The van der Waals surface area contributed by atoms with Crippen molar-refractivity contribution in [3.8, 4) is 11.9 Å². The molecule has 36 heavy (non-hydrogen) atoms. The Bertz CT molecular complexity index is 1260. The van der Waals surface area contributed by atoms with E-state index >= 15 is 0 Å². The molecule has 1 amide bonds. The molecule has 3 aromatic rings. The maximum absolute atomic E-state index is 13.1. The molecule has 3 unspecified atom stereocenters. The number of nitrogens with zero attached hydrogens (tertiary/aromatic N) is 4. The van der Waals surface area contributed by atoms with Crippen molar-refractivity contribution < 1.29 is 22.7 Å². The zero-order chi connectivity index (χ0) is 26.5. The average molecular weight is 518 g/mol. The van der Waals surface area contributed by atoms with E-state index < -0.39 is 29.3 Å². The summed E-state index contributed by atoms with van der Waals surface area (Å²) in [4.78, 5) is 23.6. The maximum atomic E-state index is 13.1. The van der Waals surface area contributed by atoms with Crippen LogP contribution >= 0.6 is 11.6 Å². The van der Waals surface area contributed by atoms with Gasteiger partial charge in [-0.05, 0) is 60.9 Å². The molecule has 11 heteroatoms. The topological polar surface area (TPSA) is 115 Å². The largest absolute Gasteiger partial charge is 0.461 e. The number of pyridine rings is 1. The lowest BCUT2D eigenvalue weighted by Crippen LogP contribution is -2.48.